The number of rotatable bonds is 3. The molecule has 2 heterocycles. The summed E-state index contributed by atoms with van der Waals surface area (Å²) in [6, 6.07) is 3.10. The van der Waals surface area contributed by atoms with E-state index in [1.54, 1.807) is 12.1 Å². The molecule has 0 bridgehead atoms. The number of phenols is 1. The summed E-state index contributed by atoms with van der Waals surface area (Å²) in [6.07, 6.45) is 6.42. The van der Waals surface area contributed by atoms with Crippen LogP contribution in [0.4, 0.5) is 4.39 Å². The molecule has 0 amide bonds. The molecule has 0 spiro atoms. The Bertz CT molecular complexity index is 1010. The van der Waals surface area contributed by atoms with Crippen LogP contribution in [0.25, 0.3) is 5.78 Å². The summed E-state index contributed by atoms with van der Waals surface area (Å²) in [6.45, 7) is 0. The van der Waals surface area contributed by atoms with Gasteiger partial charge in [0.2, 0.25) is 11.6 Å². The number of hydrogen-bond acceptors (Lipinski definition) is 4. The lowest BCUT2D eigenvalue weighted by Gasteiger charge is -2.10. The Morgan fingerprint density at radius 1 is 1.23 bits per heavy atom. The van der Waals surface area contributed by atoms with E-state index >= 15 is 0 Å². The van der Waals surface area contributed by atoms with E-state index < -0.39 is 5.82 Å². The van der Waals surface area contributed by atoms with Gasteiger partial charge < -0.3 is 5.11 Å². The number of aromatic nitrogens is 3. The summed E-state index contributed by atoms with van der Waals surface area (Å²) in [5.74, 6) is -0.317. The lowest BCUT2D eigenvalue weighted by molar-refractivity contribution is 0.103. The predicted octanol–water partition coefficient (Wildman–Crippen LogP) is 4.99. The van der Waals surface area contributed by atoms with Crippen LogP contribution in [0.5, 0.6) is 5.75 Å². The fourth-order valence-corrected chi connectivity index (χ4v) is 4.66. The van der Waals surface area contributed by atoms with Gasteiger partial charge in [-0.25, -0.2) is 14.4 Å². The molecule has 2 aromatic heterocycles. The SMILES string of the molecule is O=C(c1cc(Br)c(O)c(Br)c1)c1c(C2CCCC2)nc2ncc(F)cn12. The molecule has 1 aliphatic rings. The molecule has 8 heteroatoms. The van der Waals surface area contributed by atoms with Crippen molar-refractivity contribution in [2.75, 3.05) is 0 Å². The van der Waals surface area contributed by atoms with Gasteiger partial charge in [-0.15, -0.1) is 0 Å². The number of hydrogen-bond donors (Lipinski definition) is 1. The Morgan fingerprint density at radius 3 is 2.54 bits per heavy atom. The van der Waals surface area contributed by atoms with Gasteiger partial charge in [-0.2, -0.15) is 0 Å². The van der Waals surface area contributed by atoms with Gasteiger partial charge in [0, 0.05) is 11.5 Å². The van der Waals surface area contributed by atoms with Crippen molar-refractivity contribution in [1.82, 2.24) is 14.4 Å². The number of ketones is 1. The average molecular weight is 483 g/mol. The molecule has 0 aliphatic heterocycles. The minimum atomic E-state index is -0.532. The lowest BCUT2D eigenvalue weighted by Crippen LogP contribution is -2.10. The lowest BCUT2D eigenvalue weighted by atomic mass is 9.98. The molecule has 0 unspecified atom stereocenters. The van der Waals surface area contributed by atoms with Crippen LogP contribution >= 0.6 is 31.9 Å². The molecule has 1 saturated carbocycles. The Morgan fingerprint density at radius 2 is 1.88 bits per heavy atom. The molecule has 1 fully saturated rings. The average Bonchev–Trinajstić information content (AvgIpc) is 3.25. The van der Waals surface area contributed by atoms with Crippen molar-refractivity contribution < 1.29 is 14.3 Å². The molecule has 0 saturated heterocycles. The number of fused-ring (bicyclic) bond motifs is 1. The zero-order valence-electron chi connectivity index (χ0n) is 13.5. The number of benzene rings is 1. The minimum Gasteiger partial charge on any atom is -0.506 e. The first-order valence-corrected chi connectivity index (χ1v) is 9.80. The molecule has 5 nitrogen and oxygen atoms in total. The topological polar surface area (TPSA) is 67.5 Å². The molecule has 0 radical (unpaired) electrons. The number of halogens is 3. The van der Waals surface area contributed by atoms with Crippen molar-refractivity contribution in [3.05, 3.63) is 56.2 Å². The molecule has 26 heavy (non-hydrogen) atoms. The molecular formula is C18H14Br2FN3O2. The molecule has 4 rings (SSSR count). The molecule has 0 atom stereocenters. The maximum absolute atomic E-state index is 13.8. The van der Waals surface area contributed by atoms with Crippen molar-refractivity contribution in [2.24, 2.45) is 0 Å². The van der Waals surface area contributed by atoms with Crippen molar-refractivity contribution in [3.63, 3.8) is 0 Å². The van der Waals surface area contributed by atoms with E-state index in [4.69, 9.17) is 0 Å². The largest absolute Gasteiger partial charge is 0.506 e. The van der Waals surface area contributed by atoms with Crippen LogP contribution in [-0.4, -0.2) is 25.3 Å². The van der Waals surface area contributed by atoms with Crippen molar-refractivity contribution >= 4 is 43.4 Å². The number of carbonyl (C=O) groups excluding carboxylic acids is 1. The minimum absolute atomic E-state index is 0.0171. The van der Waals surface area contributed by atoms with E-state index in [9.17, 15) is 14.3 Å². The first-order valence-electron chi connectivity index (χ1n) is 8.22. The fourth-order valence-electron chi connectivity index (χ4n) is 3.47. The summed E-state index contributed by atoms with van der Waals surface area (Å²) >= 11 is 6.50. The second-order valence-electron chi connectivity index (χ2n) is 6.39. The molecule has 1 aliphatic carbocycles. The predicted molar refractivity (Wildman–Crippen MR) is 101 cm³/mol. The quantitative estimate of drug-likeness (QED) is 0.534. The number of carbonyl (C=O) groups is 1. The van der Waals surface area contributed by atoms with Crippen molar-refractivity contribution in [3.8, 4) is 5.75 Å². The molecule has 134 valence electrons. The summed E-state index contributed by atoms with van der Waals surface area (Å²) in [5.41, 5.74) is 1.38. The maximum Gasteiger partial charge on any atom is 0.234 e. The second kappa shape index (κ2) is 6.74. The van der Waals surface area contributed by atoms with Crippen LogP contribution in [0.2, 0.25) is 0 Å². The van der Waals surface area contributed by atoms with Gasteiger partial charge in [-0.1, -0.05) is 12.8 Å². The van der Waals surface area contributed by atoms with Gasteiger partial charge >= 0.3 is 0 Å². The zero-order valence-corrected chi connectivity index (χ0v) is 16.7. The normalized spacial score (nSPS) is 15.0. The van der Waals surface area contributed by atoms with E-state index in [0.29, 0.717) is 31.7 Å². The smallest absolute Gasteiger partial charge is 0.234 e. The zero-order chi connectivity index (χ0) is 18.4. The number of nitrogens with zero attached hydrogens (tertiary/aromatic N) is 3. The van der Waals surface area contributed by atoms with E-state index in [0.717, 1.165) is 31.9 Å². The van der Waals surface area contributed by atoms with Crippen LogP contribution < -0.4 is 0 Å². The monoisotopic (exact) mass is 481 g/mol. The highest BCUT2D eigenvalue weighted by atomic mass is 79.9. The van der Waals surface area contributed by atoms with Gasteiger partial charge in [0.05, 0.1) is 27.0 Å². The summed E-state index contributed by atoms with van der Waals surface area (Å²) < 4.78 is 16.0. The Hall–Kier alpha value is -1.80. The maximum atomic E-state index is 13.8. The second-order valence-corrected chi connectivity index (χ2v) is 8.10. The third-order valence-corrected chi connectivity index (χ3v) is 5.92. The van der Waals surface area contributed by atoms with Gasteiger partial charge in [0.1, 0.15) is 11.4 Å². The van der Waals surface area contributed by atoms with E-state index in [-0.39, 0.29) is 17.5 Å². The van der Waals surface area contributed by atoms with Crippen molar-refractivity contribution in [2.45, 2.75) is 31.6 Å². The number of imidazole rings is 1. The number of aromatic hydroxyl groups is 1. The Balaban J connectivity index is 1.92. The first-order chi connectivity index (χ1) is 12.5. The van der Waals surface area contributed by atoms with Crippen LogP contribution in [-0.2, 0) is 0 Å². The summed E-state index contributed by atoms with van der Waals surface area (Å²) in [4.78, 5) is 21.9. The highest BCUT2D eigenvalue weighted by Crippen LogP contribution is 2.38. The third-order valence-electron chi connectivity index (χ3n) is 4.71. The first kappa shape index (κ1) is 17.6. The van der Waals surface area contributed by atoms with Crippen LogP contribution in [0.15, 0.2) is 33.5 Å². The Kier molecular flexibility index (Phi) is 4.56. The van der Waals surface area contributed by atoms with Crippen molar-refractivity contribution in [1.29, 1.82) is 0 Å². The van der Waals surface area contributed by atoms with E-state index in [2.05, 4.69) is 41.8 Å². The van der Waals surface area contributed by atoms with Gasteiger partial charge in [-0.05, 0) is 56.8 Å². The number of phenolic OH excluding ortho intramolecular Hbond substituents is 1. The molecule has 3 aromatic rings. The molecule has 1 aromatic carbocycles. The van der Waals surface area contributed by atoms with Crippen LogP contribution in [0.3, 0.4) is 0 Å². The third kappa shape index (κ3) is 2.95. The van der Waals surface area contributed by atoms with Gasteiger partial charge in [0.25, 0.3) is 0 Å². The van der Waals surface area contributed by atoms with E-state index in [1.807, 2.05) is 0 Å². The standard InChI is InChI=1S/C18H14Br2FN3O2/c19-12-5-10(6-13(20)17(12)26)16(25)15-14(9-3-1-2-4-9)23-18-22-7-11(21)8-24(15)18/h5-9,26H,1-4H2. The Labute approximate surface area is 165 Å². The summed E-state index contributed by atoms with van der Waals surface area (Å²) in [5, 5.41) is 9.90. The van der Waals surface area contributed by atoms with Crippen LogP contribution in [0, 0.1) is 5.82 Å². The van der Waals surface area contributed by atoms with Crippen LogP contribution in [0.1, 0.15) is 53.3 Å². The molecule has 1 N–H and O–H groups in total. The fraction of sp³-hybridized carbons (Fsp3) is 0.278. The highest BCUT2D eigenvalue weighted by molar-refractivity contribution is 9.11. The summed E-state index contributed by atoms with van der Waals surface area (Å²) in [7, 11) is 0. The highest BCUT2D eigenvalue weighted by Gasteiger charge is 2.29. The van der Waals surface area contributed by atoms with Gasteiger partial charge in [0.15, 0.2) is 5.82 Å². The molecular weight excluding hydrogens is 469 g/mol. The van der Waals surface area contributed by atoms with Gasteiger partial charge in [-0.3, -0.25) is 9.20 Å². The van der Waals surface area contributed by atoms with E-state index in [1.165, 1.54) is 10.6 Å².